The number of nitrogens with zero attached hydrogens (tertiary/aromatic N) is 1. The molecule has 1 atom stereocenters. The third-order valence-electron chi connectivity index (χ3n) is 2.58. The minimum atomic E-state index is 0.607. The van der Waals surface area contributed by atoms with Crippen molar-refractivity contribution in [2.75, 3.05) is 19.0 Å². The number of thioether (sulfide) groups is 1. The lowest BCUT2D eigenvalue weighted by Gasteiger charge is -2.11. The van der Waals surface area contributed by atoms with E-state index in [9.17, 15) is 0 Å². The molecule has 0 aliphatic carbocycles. The molecule has 0 spiro atoms. The van der Waals surface area contributed by atoms with E-state index in [4.69, 9.17) is 4.74 Å². The van der Waals surface area contributed by atoms with E-state index in [0.717, 1.165) is 34.0 Å². The molecule has 1 heterocycles. The van der Waals surface area contributed by atoms with E-state index in [1.165, 1.54) is 0 Å². The highest BCUT2D eigenvalue weighted by Gasteiger charge is 2.18. The Balaban J connectivity index is 2.11. The summed E-state index contributed by atoms with van der Waals surface area (Å²) in [7, 11) is 1.67. The van der Waals surface area contributed by atoms with Crippen molar-refractivity contribution in [3.05, 3.63) is 22.7 Å². The minimum absolute atomic E-state index is 0.607. The van der Waals surface area contributed by atoms with Crippen LogP contribution in [0.4, 0.5) is 5.69 Å². The number of anilines is 1. The summed E-state index contributed by atoms with van der Waals surface area (Å²) in [5, 5.41) is 4.91. The first-order valence-corrected chi connectivity index (χ1v) is 7.22. The van der Waals surface area contributed by atoms with Crippen LogP contribution in [0.15, 0.2) is 27.7 Å². The standard InChI is InChI=1S/C12H15BrN2OS/c1-3-9-7-14-12(17-9)15-10-6-8(13)4-5-11(10)16-2/h4-6,9H,3,7H2,1-2H3,(H,14,15). The fourth-order valence-corrected chi connectivity index (χ4v) is 2.90. The third-order valence-corrected chi connectivity index (χ3v) is 4.34. The molecule has 0 amide bonds. The summed E-state index contributed by atoms with van der Waals surface area (Å²) in [6.07, 6.45) is 1.15. The van der Waals surface area contributed by atoms with Crippen molar-refractivity contribution in [3.8, 4) is 5.75 Å². The number of benzene rings is 1. The lowest BCUT2D eigenvalue weighted by Crippen LogP contribution is -2.08. The van der Waals surface area contributed by atoms with Gasteiger partial charge in [-0.25, -0.2) is 0 Å². The second-order valence-corrected chi connectivity index (χ2v) is 5.97. The van der Waals surface area contributed by atoms with E-state index >= 15 is 0 Å². The SMILES string of the molecule is CCC1CN=C(Nc2cc(Br)ccc2OC)S1. The van der Waals surface area contributed by atoms with Gasteiger partial charge in [-0.05, 0) is 24.6 Å². The Labute approximate surface area is 114 Å². The van der Waals surface area contributed by atoms with Gasteiger partial charge in [0.1, 0.15) is 5.75 Å². The average molecular weight is 315 g/mol. The summed E-state index contributed by atoms with van der Waals surface area (Å²) in [6, 6.07) is 5.90. The van der Waals surface area contributed by atoms with Gasteiger partial charge in [-0.1, -0.05) is 34.6 Å². The molecule has 0 radical (unpaired) electrons. The number of amidine groups is 1. The Morgan fingerprint density at radius 1 is 1.59 bits per heavy atom. The monoisotopic (exact) mass is 314 g/mol. The van der Waals surface area contributed by atoms with E-state index in [0.29, 0.717) is 5.25 Å². The van der Waals surface area contributed by atoms with Crippen molar-refractivity contribution in [2.45, 2.75) is 18.6 Å². The highest BCUT2D eigenvalue weighted by molar-refractivity contribution is 9.10. The van der Waals surface area contributed by atoms with Crippen molar-refractivity contribution >= 4 is 38.5 Å². The van der Waals surface area contributed by atoms with Gasteiger partial charge in [0.2, 0.25) is 0 Å². The van der Waals surface area contributed by atoms with E-state index in [1.807, 2.05) is 18.2 Å². The Hall–Kier alpha value is -0.680. The highest BCUT2D eigenvalue weighted by atomic mass is 79.9. The number of hydrogen-bond acceptors (Lipinski definition) is 4. The van der Waals surface area contributed by atoms with Gasteiger partial charge in [-0.3, -0.25) is 4.99 Å². The topological polar surface area (TPSA) is 33.6 Å². The zero-order valence-corrected chi connectivity index (χ0v) is 12.3. The molecule has 0 saturated heterocycles. The number of aliphatic imine (C=N–C) groups is 1. The van der Waals surface area contributed by atoms with Gasteiger partial charge in [0.15, 0.2) is 5.17 Å². The molecule has 0 bridgehead atoms. The fourth-order valence-electron chi connectivity index (χ4n) is 1.59. The van der Waals surface area contributed by atoms with Gasteiger partial charge in [0, 0.05) is 9.72 Å². The molecule has 0 aromatic heterocycles. The Kier molecular flexibility index (Phi) is 4.34. The number of rotatable bonds is 3. The van der Waals surface area contributed by atoms with Crippen LogP contribution in [0, 0.1) is 0 Å². The van der Waals surface area contributed by atoms with Crippen LogP contribution < -0.4 is 10.1 Å². The summed E-state index contributed by atoms with van der Waals surface area (Å²) in [4.78, 5) is 4.49. The number of methoxy groups -OCH3 is 1. The Morgan fingerprint density at radius 2 is 2.41 bits per heavy atom. The lowest BCUT2D eigenvalue weighted by atomic mass is 10.3. The first kappa shape index (κ1) is 12.8. The van der Waals surface area contributed by atoms with Crippen LogP contribution in [0.3, 0.4) is 0 Å². The Bertz CT molecular complexity index is 437. The quantitative estimate of drug-likeness (QED) is 0.922. The average Bonchev–Trinajstić information content (AvgIpc) is 2.77. The molecule has 1 aromatic rings. The summed E-state index contributed by atoms with van der Waals surface area (Å²) in [5.74, 6) is 0.830. The maximum atomic E-state index is 5.32. The predicted molar refractivity (Wildman–Crippen MR) is 78.3 cm³/mol. The first-order chi connectivity index (χ1) is 8.22. The van der Waals surface area contributed by atoms with Crippen LogP contribution in [-0.2, 0) is 0 Å². The van der Waals surface area contributed by atoms with Crippen LogP contribution in [0.2, 0.25) is 0 Å². The number of ether oxygens (including phenoxy) is 1. The van der Waals surface area contributed by atoms with E-state index in [2.05, 4.69) is 33.2 Å². The van der Waals surface area contributed by atoms with Crippen LogP contribution >= 0.6 is 27.7 Å². The summed E-state index contributed by atoms with van der Waals surface area (Å²) >= 11 is 5.26. The molecular weight excluding hydrogens is 300 g/mol. The lowest BCUT2D eigenvalue weighted by molar-refractivity contribution is 0.417. The van der Waals surface area contributed by atoms with Crippen molar-refractivity contribution in [1.82, 2.24) is 0 Å². The van der Waals surface area contributed by atoms with E-state index in [-0.39, 0.29) is 0 Å². The van der Waals surface area contributed by atoms with E-state index in [1.54, 1.807) is 18.9 Å². The second kappa shape index (κ2) is 5.78. The van der Waals surface area contributed by atoms with Crippen LogP contribution in [-0.4, -0.2) is 24.1 Å². The van der Waals surface area contributed by atoms with Gasteiger partial charge in [-0.15, -0.1) is 0 Å². The van der Waals surface area contributed by atoms with Crippen LogP contribution in [0.5, 0.6) is 5.75 Å². The molecule has 5 heteroatoms. The summed E-state index contributed by atoms with van der Waals surface area (Å²) in [6.45, 7) is 3.09. The van der Waals surface area contributed by atoms with Crippen molar-refractivity contribution in [3.63, 3.8) is 0 Å². The maximum absolute atomic E-state index is 5.32. The van der Waals surface area contributed by atoms with Crippen LogP contribution in [0.1, 0.15) is 13.3 Å². The molecule has 1 N–H and O–H groups in total. The molecule has 1 aromatic carbocycles. The molecule has 2 rings (SSSR count). The number of nitrogens with one attached hydrogen (secondary N) is 1. The number of halogens is 1. The summed E-state index contributed by atoms with van der Waals surface area (Å²) < 4.78 is 6.34. The molecular formula is C12H15BrN2OS. The molecule has 1 aliphatic heterocycles. The fraction of sp³-hybridized carbons (Fsp3) is 0.417. The Morgan fingerprint density at radius 3 is 3.06 bits per heavy atom. The molecule has 0 saturated carbocycles. The van der Waals surface area contributed by atoms with Crippen molar-refractivity contribution in [1.29, 1.82) is 0 Å². The normalized spacial score (nSPS) is 19.0. The molecule has 17 heavy (non-hydrogen) atoms. The molecule has 3 nitrogen and oxygen atoms in total. The molecule has 92 valence electrons. The van der Waals surface area contributed by atoms with Gasteiger partial charge < -0.3 is 10.1 Å². The zero-order valence-electron chi connectivity index (χ0n) is 9.87. The van der Waals surface area contributed by atoms with Crippen molar-refractivity contribution in [2.24, 2.45) is 4.99 Å². The third kappa shape index (κ3) is 3.16. The minimum Gasteiger partial charge on any atom is -0.495 e. The first-order valence-electron chi connectivity index (χ1n) is 5.54. The van der Waals surface area contributed by atoms with Gasteiger partial charge >= 0.3 is 0 Å². The molecule has 0 fully saturated rings. The second-order valence-electron chi connectivity index (χ2n) is 3.76. The molecule has 1 aliphatic rings. The van der Waals surface area contributed by atoms with Gasteiger partial charge in [0.25, 0.3) is 0 Å². The van der Waals surface area contributed by atoms with Gasteiger partial charge in [-0.2, -0.15) is 0 Å². The van der Waals surface area contributed by atoms with Crippen LogP contribution in [0.25, 0.3) is 0 Å². The maximum Gasteiger partial charge on any atom is 0.161 e. The van der Waals surface area contributed by atoms with E-state index < -0.39 is 0 Å². The highest BCUT2D eigenvalue weighted by Crippen LogP contribution is 2.31. The zero-order chi connectivity index (χ0) is 12.3. The largest absolute Gasteiger partial charge is 0.495 e. The van der Waals surface area contributed by atoms with Crippen molar-refractivity contribution < 1.29 is 4.74 Å². The molecule has 1 unspecified atom stereocenters. The summed E-state index contributed by atoms with van der Waals surface area (Å²) in [5.41, 5.74) is 0.949. The smallest absolute Gasteiger partial charge is 0.161 e. The number of hydrogen-bond donors (Lipinski definition) is 1. The van der Waals surface area contributed by atoms with Gasteiger partial charge in [0.05, 0.1) is 19.3 Å². The predicted octanol–water partition coefficient (Wildman–Crippen LogP) is 3.75.